The van der Waals surface area contributed by atoms with Gasteiger partial charge in [-0.05, 0) is 43.5 Å². The van der Waals surface area contributed by atoms with E-state index < -0.39 is 53.5 Å². The number of aliphatic hydroxyl groups is 1. The number of carbonyl (C=O) groups is 3. The van der Waals surface area contributed by atoms with Gasteiger partial charge in [0.15, 0.2) is 17.2 Å². The number of carbonyl (C=O) groups excluding carboxylic acids is 3. The Morgan fingerprint density at radius 3 is 2.36 bits per heavy atom. The molecule has 2 unspecified atom stereocenters. The molecule has 1 aliphatic heterocycles. The Bertz CT molecular complexity index is 1160. The molecule has 3 rings (SSSR count). The van der Waals surface area contributed by atoms with Crippen LogP contribution in [0, 0.1) is 18.6 Å². The van der Waals surface area contributed by atoms with Gasteiger partial charge in [-0.3, -0.25) is 14.4 Å². The lowest BCUT2D eigenvalue weighted by Crippen LogP contribution is -2.60. The van der Waals surface area contributed by atoms with E-state index >= 15 is 0 Å². The average Bonchev–Trinajstić information content (AvgIpc) is 3.25. The van der Waals surface area contributed by atoms with Gasteiger partial charge in [-0.1, -0.05) is 6.07 Å². The number of ketones is 1. The predicted octanol–water partition coefficient (Wildman–Crippen LogP) is 2.32. The Labute approximate surface area is 184 Å². The molecule has 1 aromatic heterocycles. The molecule has 0 spiro atoms. The van der Waals surface area contributed by atoms with E-state index in [1.54, 1.807) is 0 Å². The molecule has 0 radical (unpaired) electrons. The summed E-state index contributed by atoms with van der Waals surface area (Å²) in [5, 5.41) is 10.7. The lowest BCUT2D eigenvalue weighted by molar-refractivity contribution is -0.201. The number of nitrogens with one attached hydrogen (secondary N) is 1. The molecule has 0 saturated heterocycles. The first-order valence-corrected chi connectivity index (χ1v) is 9.75. The van der Waals surface area contributed by atoms with Crippen LogP contribution < -0.4 is 11.1 Å². The normalized spacial score (nSPS) is 17.4. The molecule has 1 aliphatic rings. The number of primary amides is 1. The van der Waals surface area contributed by atoms with E-state index in [1.165, 1.54) is 22.9 Å². The second-order valence-electron chi connectivity index (χ2n) is 8.04. The van der Waals surface area contributed by atoms with Crippen molar-refractivity contribution in [2.45, 2.75) is 44.4 Å². The minimum Gasteiger partial charge on any atom is -0.394 e. The van der Waals surface area contributed by atoms with E-state index in [1.807, 2.05) is 0 Å². The van der Waals surface area contributed by atoms with Gasteiger partial charge in [0.25, 0.3) is 17.6 Å². The molecule has 2 amide bonds. The number of nitrogens with zero attached hydrogens (tertiary/aromatic N) is 1. The maximum Gasteiger partial charge on any atom is 0.413 e. The Hall–Kier alpha value is -3.28. The highest BCUT2D eigenvalue weighted by molar-refractivity contribution is 6.44. The summed E-state index contributed by atoms with van der Waals surface area (Å²) in [6, 6.07) is 3.05. The van der Waals surface area contributed by atoms with E-state index in [0.717, 1.165) is 12.1 Å². The van der Waals surface area contributed by atoms with Crippen LogP contribution in [-0.4, -0.2) is 45.6 Å². The summed E-state index contributed by atoms with van der Waals surface area (Å²) in [5.41, 5.74) is 2.16. The van der Waals surface area contributed by atoms with Crippen molar-refractivity contribution >= 4 is 17.6 Å². The molecule has 2 heterocycles. The van der Waals surface area contributed by atoms with Gasteiger partial charge >= 0.3 is 6.18 Å². The number of alkyl halides is 3. The number of aliphatic hydroxyl groups excluding tert-OH is 1. The Kier molecular flexibility index (Phi) is 6.09. The van der Waals surface area contributed by atoms with Crippen LogP contribution in [0.5, 0.6) is 0 Å². The largest absolute Gasteiger partial charge is 0.413 e. The smallest absolute Gasteiger partial charge is 0.394 e. The number of Topliss-reactive ketones (excluding diaryl/α,β-unsaturated/α-hetero) is 1. The van der Waals surface area contributed by atoms with Crippen molar-refractivity contribution < 1.29 is 41.4 Å². The van der Waals surface area contributed by atoms with Crippen LogP contribution in [0.2, 0.25) is 0 Å². The molecular formula is C21H20F5N3O4. The molecule has 0 bridgehead atoms. The molecule has 178 valence electrons. The van der Waals surface area contributed by atoms with Crippen molar-refractivity contribution in [2.24, 2.45) is 5.73 Å². The maximum atomic E-state index is 13.8. The van der Waals surface area contributed by atoms with E-state index in [9.17, 15) is 41.4 Å². The summed E-state index contributed by atoms with van der Waals surface area (Å²) in [6.07, 6.45) is -4.83. The number of nitrogens with two attached hydrogens (primary N) is 1. The molecule has 12 heteroatoms. The second kappa shape index (κ2) is 8.25. The number of halogens is 5. The first-order valence-electron chi connectivity index (χ1n) is 9.75. The third-order valence-corrected chi connectivity index (χ3v) is 5.86. The van der Waals surface area contributed by atoms with Crippen molar-refractivity contribution in [1.82, 2.24) is 9.88 Å². The van der Waals surface area contributed by atoms with E-state index in [-0.39, 0.29) is 41.0 Å². The summed E-state index contributed by atoms with van der Waals surface area (Å²) in [6.45, 7) is 0.438. The van der Waals surface area contributed by atoms with Gasteiger partial charge in [0.05, 0.1) is 12.2 Å². The summed E-state index contributed by atoms with van der Waals surface area (Å²) in [7, 11) is 0. The van der Waals surface area contributed by atoms with Crippen LogP contribution in [0.1, 0.15) is 56.9 Å². The number of benzene rings is 1. The highest BCUT2D eigenvalue weighted by atomic mass is 19.4. The minimum atomic E-state index is -5.07. The van der Waals surface area contributed by atoms with E-state index in [2.05, 4.69) is 0 Å². The Balaban J connectivity index is 2.12. The maximum absolute atomic E-state index is 13.8. The van der Waals surface area contributed by atoms with Crippen molar-refractivity contribution in [3.8, 4) is 0 Å². The first kappa shape index (κ1) is 24.4. The zero-order chi connectivity index (χ0) is 24.9. The Morgan fingerprint density at radius 2 is 1.85 bits per heavy atom. The Morgan fingerprint density at radius 1 is 1.21 bits per heavy atom. The highest BCUT2D eigenvalue weighted by Gasteiger charge is 2.53. The van der Waals surface area contributed by atoms with Crippen molar-refractivity contribution in [1.29, 1.82) is 0 Å². The number of amides is 2. The lowest BCUT2D eigenvalue weighted by Gasteiger charge is -2.30. The van der Waals surface area contributed by atoms with Crippen LogP contribution in [0.15, 0.2) is 18.2 Å². The van der Waals surface area contributed by atoms with Crippen molar-refractivity contribution in [3.63, 3.8) is 0 Å². The quantitative estimate of drug-likeness (QED) is 0.339. The fourth-order valence-corrected chi connectivity index (χ4v) is 4.04. The average molecular weight is 473 g/mol. The third-order valence-electron chi connectivity index (χ3n) is 5.86. The van der Waals surface area contributed by atoms with Gasteiger partial charge in [-0.25, -0.2) is 8.78 Å². The van der Waals surface area contributed by atoms with Crippen molar-refractivity contribution in [3.05, 3.63) is 57.9 Å². The molecule has 2 atom stereocenters. The van der Waals surface area contributed by atoms with Gasteiger partial charge < -0.3 is 20.7 Å². The van der Waals surface area contributed by atoms with Crippen molar-refractivity contribution in [2.75, 3.05) is 6.61 Å². The monoisotopic (exact) mass is 473 g/mol. The fraction of sp³-hybridized carbons (Fsp3) is 0.381. The number of aromatic nitrogens is 1. The molecule has 7 nitrogen and oxygen atoms in total. The number of hydrogen-bond acceptors (Lipinski definition) is 4. The van der Waals surface area contributed by atoms with Crippen LogP contribution in [0.25, 0.3) is 0 Å². The summed E-state index contributed by atoms with van der Waals surface area (Å²) >= 11 is 0. The third kappa shape index (κ3) is 3.99. The lowest BCUT2D eigenvalue weighted by atomic mass is 9.89. The van der Waals surface area contributed by atoms with Gasteiger partial charge in [-0.15, -0.1) is 0 Å². The van der Waals surface area contributed by atoms with E-state index in [0.29, 0.717) is 6.92 Å². The topological polar surface area (TPSA) is 114 Å². The summed E-state index contributed by atoms with van der Waals surface area (Å²) < 4.78 is 68.4. The summed E-state index contributed by atoms with van der Waals surface area (Å²) in [5.74, 6) is -7.00. The predicted molar refractivity (Wildman–Crippen MR) is 105 cm³/mol. The molecule has 2 aromatic rings. The fourth-order valence-electron chi connectivity index (χ4n) is 4.04. The molecule has 4 N–H and O–H groups in total. The van der Waals surface area contributed by atoms with Crippen LogP contribution in [-0.2, 0) is 11.3 Å². The van der Waals surface area contributed by atoms with Gasteiger partial charge in [0, 0.05) is 18.2 Å². The zero-order valence-electron chi connectivity index (χ0n) is 17.5. The standard InChI is InChI=1S/C21H20F5N3O4/c1-9-14(17(31)19(33)28-20(2,8-30)21(24,25)26)16-11(5-6-29(16)15(9)18(27)32)10-3-4-12(22)13(23)7-10/h3-4,7,11,30H,5-6,8H2,1-2H3,(H2,27,32)(H,28,33). The number of rotatable bonds is 6. The number of fused-ring (bicyclic) bond motifs is 1. The molecule has 0 fully saturated rings. The zero-order valence-corrected chi connectivity index (χ0v) is 17.5. The highest BCUT2D eigenvalue weighted by Crippen LogP contribution is 2.41. The van der Waals surface area contributed by atoms with E-state index in [4.69, 9.17) is 5.73 Å². The first-order chi connectivity index (χ1) is 15.2. The van der Waals surface area contributed by atoms with Gasteiger partial charge in [0.2, 0.25) is 0 Å². The van der Waals surface area contributed by atoms with Crippen LogP contribution in [0.4, 0.5) is 22.0 Å². The SMILES string of the molecule is Cc1c(C(=O)C(=O)NC(C)(CO)C(F)(F)F)c2n(c1C(N)=O)CCC2c1ccc(F)c(F)c1. The van der Waals surface area contributed by atoms with Gasteiger partial charge in [-0.2, -0.15) is 13.2 Å². The summed E-state index contributed by atoms with van der Waals surface area (Å²) in [4.78, 5) is 37.6. The number of hydrogen-bond donors (Lipinski definition) is 3. The molecule has 1 aromatic carbocycles. The van der Waals surface area contributed by atoms with Gasteiger partial charge in [0.1, 0.15) is 5.69 Å². The van der Waals surface area contributed by atoms with Crippen LogP contribution >= 0.6 is 0 Å². The second-order valence-corrected chi connectivity index (χ2v) is 8.04. The molecule has 0 saturated carbocycles. The van der Waals surface area contributed by atoms with Crippen LogP contribution in [0.3, 0.4) is 0 Å². The molecular weight excluding hydrogens is 453 g/mol. The molecule has 0 aliphatic carbocycles. The minimum absolute atomic E-state index is 0.0253. The molecule has 33 heavy (non-hydrogen) atoms.